The molecule has 0 bridgehead atoms. The predicted octanol–water partition coefficient (Wildman–Crippen LogP) is 2.69. The van der Waals surface area contributed by atoms with Crippen LogP contribution in [0, 0.1) is 19.7 Å². The number of anilines is 2. The van der Waals surface area contributed by atoms with Crippen molar-refractivity contribution in [3.8, 4) is 0 Å². The van der Waals surface area contributed by atoms with E-state index in [1.165, 1.54) is 17.4 Å². The molecule has 1 aromatic carbocycles. The first kappa shape index (κ1) is 14.9. The normalized spacial score (nSPS) is 13.9. The SMILES string of the molecule is Cc1nnc(NC(=O)CN2CCCc3c(F)ccc(C)c32)s1. The zero-order valence-electron chi connectivity index (χ0n) is 12.5. The maximum Gasteiger partial charge on any atom is 0.245 e. The highest BCUT2D eigenvalue weighted by molar-refractivity contribution is 7.15. The molecule has 0 radical (unpaired) electrons. The maximum absolute atomic E-state index is 14.0. The molecule has 1 N–H and O–H groups in total. The monoisotopic (exact) mass is 320 g/mol. The van der Waals surface area contributed by atoms with Crippen LogP contribution < -0.4 is 10.2 Å². The van der Waals surface area contributed by atoms with Gasteiger partial charge in [-0.2, -0.15) is 0 Å². The summed E-state index contributed by atoms with van der Waals surface area (Å²) in [4.78, 5) is 14.1. The number of nitrogens with one attached hydrogen (secondary N) is 1. The molecule has 0 saturated carbocycles. The summed E-state index contributed by atoms with van der Waals surface area (Å²) in [6.07, 6.45) is 1.56. The number of halogens is 1. The van der Waals surface area contributed by atoms with Crippen molar-refractivity contribution in [2.24, 2.45) is 0 Å². The summed E-state index contributed by atoms with van der Waals surface area (Å²) < 4.78 is 14.0. The third kappa shape index (κ3) is 2.94. The topological polar surface area (TPSA) is 58.1 Å². The molecule has 1 amide bonds. The van der Waals surface area contributed by atoms with Gasteiger partial charge in [-0.3, -0.25) is 10.1 Å². The van der Waals surface area contributed by atoms with E-state index < -0.39 is 0 Å². The Morgan fingerprint density at radius 3 is 2.95 bits per heavy atom. The van der Waals surface area contributed by atoms with Gasteiger partial charge < -0.3 is 4.90 Å². The van der Waals surface area contributed by atoms with Crippen LogP contribution in [0.25, 0.3) is 0 Å². The van der Waals surface area contributed by atoms with Crippen molar-refractivity contribution in [1.82, 2.24) is 10.2 Å². The van der Waals surface area contributed by atoms with Gasteiger partial charge in [0.05, 0.1) is 6.54 Å². The predicted molar refractivity (Wildman–Crippen MR) is 84.9 cm³/mol. The Hall–Kier alpha value is -2.02. The van der Waals surface area contributed by atoms with Gasteiger partial charge in [0.15, 0.2) is 0 Å². The summed E-state index contributed by atoms with van der Waals surface area (Å²) >= 11 is 1.34. The van der Waals surface area contributed by atoms with Crippen molar-refractivity contribution in [2.75, 3.05) is 23.3 Å². The number of rotatable bonds is 3. The number of fused-ring (bicyclic) bond motifs is 1. The Bertz CT molecular complexity index is 716. The number of amides is 1. The molecule has 5 nitrogen and oxygen atoms in total. The molecule has 2 aromatic rings. The van der Waals surface area contributed by atoms with Gasteiger partial charge in [-0.25, -0.2) is 4.39 Å². The van der Waals surface area contributed by atoms with Crippen LogP contribution in [0.5, 0.6) is 0 Å². The van der Waals surface area contributed by atoms with E-state index in [0.717, 1.165) is 35.6 Å². The molecule has 3 rings (SSSR count). The fraction of sp³-hybridized carbons (Fsp3) is 0.400. The number of aromatic nitrogens is 2. The van der Waals surface area contributed by atoms with Gasteiger partial charge in [0.25, 0.3) is 0 Å². The molecule has 1 aromatic heterocycles. The van der Waals surface area contributed by atoms with Crippen molar-refractivity contribution in [3.05, 3.63) is 34.1 Å². The van der Waals surface area contributed by atoms with Crippen LogP contribution in [0.4, 0.5) is 15.2 Å². The minimum absolute atomic E-state index is 0.160. The average molecular weight is 320 g/mol. The van der Waals surface area contributed by atoms with E-state index in [-0.39, 0.29) is 18.3 Å². The van der Waals surface area contributed by atoms with Crippen molar-refractivity contribution in [3.63, 3.8) is 0 Å². The van der Waals surface area contributed by atoms with Crippen LogP contribution in [-0.2, 0) is 11.2 Å². The lowest BCUT2D eigenvalue weighted by atomic mass is 9.97. The lowest BCUT2D eigenvalue weighted by Gasteiger charge is -2.32. The molecule has 0 fully saturated rings. The van der Waals surface area contributed by atoms with Gasteiger partial charge in [0.2, 0.25) is 11.0 Å². The van der Waals surface area contributed by atoms with E-state index in [2.05, 4.69) is 15.5 Å². The molecule has 22 heavy (non-hydrogen) atoms. The van der Waals surface area contributed by atoms with Gasteiger partial charge in [-0.15, -0.1) is 10.2 Å². The van der Waals surface area contributed by atoms with Gasteiger partial charge in [-0.1, -0.05) is 17.4 Å². The van der Waals surface area contributed by atoms with E-state index in [4.69, 9.17) is 0 Å². The molecule has 1 aliphatic rings. The number of carbonyl (C=O) groups is 1. The van der Waals surface area contributed by atoms with E-state index in [0.29, 0.717) is 10.7 Å². The van der Waals surface area contributed by atoms with Crippen LogP contribution in [-0.4, -0.2) is 29.2 Å². The molecule has 7 heteroatoms. The van der Waals surface area contributed by atoms with Gasteiger partial charge in [0, 0.05) is 17.8 Å². The highest BCUT2D eigenvalue weighted by Crippen LogP contribution is 2.32. The zero-order valence-corrected chi connectivity index (χ0v) is 13.3. The van der Waals surface area contributed by atoms with Crippen LogP contribution >= 0.6 is 11.3 Å². The maximum atomic E-state index is 14.0. The van der Waals surface area contributed by atoms with Gasteiger partial charge >= 0.3 is 0 Å². The number of aryl methyl sites for hydroxylation is 2. The summed E-state index contributed by atoms with van der Waals surface area (Å²) in [6.45, 7) is 4.72. The fourth-order valence-electron chi connectivity index (χ4n) is 2.80. The first-order chi connectivity index (χ1) is 10.5. The van der Waals surface area contributed by atoms with Gasteiger partial charge in [0.1, 0.15) is 10.8 Å². The highest BCUT2D eigenvalue weighted by atomic mass is 32.1. The molecule has 0 atom stereocenters. The first-order valence-electron chi connectivity index (χ1n) is 7.17. The third-order valence-corrected chi connectivity index (χ3v) is 4.46. The molecule has 0 aliphatic carbocycles. The Labute approximate surface area is 132 Å². The minimum Gasteiger partial charge on any atom is -0.362 e. The standard InChI is InChI=1S/C15H17FN4OS/c1-9-5-6-12(16)11-4-3-7-20(14(9)11)8-13(21)17-15-19-18-10(2)22-15/h5-6H,3-4,7-8H2,1-2H3,(H,17,19,21). The number of carbonyl (C=O) groups excluding carboxylic acids is 1. The van der Waals surface area contributed by atoms with Crippen molar-refractivity contribution >= 4 is 28.1 Å². The quantitative estimate of drug-likeness (QED) is 0.944. The summed E-state index contributed by atoms with van der Waals surface area (Å²) in [5, 5.41) is 11.8. The first-order valence-corrected chi connectivity index (χ1v) is 7.99. The van der Waals surface area contributed by atoms with Crippen LogP contribution in [0.2, 0.25) is 0 Å². The number of hydrogen-bond donors (Lipinski definition) is 1. The molecular formula is C15H17FN4OS. The van der Waals surface area contributed by atoms with Crippen molar-refractivity contribution in [2.45, 2.75) is 26.7 Å². The highest BCUT2D eigenvalue weighted by Gasteiger charge is 2.23. The second-order valence-corrected chi connectivity index (χ2v) is 6.57. The molecule has 2 heterocycles. The van der Waals surface area contributed by atoms with Crippen LogP contribution in [0.15, 0.2) is 12.1 Å². The average Bonchev–Trinajstić information content (AvgIpc) is 2.88. The van der Waals surface area contributed by atoms with E-state index in [9.17, 15) is 9.18 Å². The number of nitrogens with zero attached hydrogens (tertiary/aromatic N) is 3. The lowest BCUT2D eigenvalue weighted by Crippen LogP contribution is -2.37. The van der Waals surface area contributed by atoms with Crippen molar-refractivity contribution in [1.29, 1.82) is 0 Å². The second kappa shape index (κ2) is 6.00. The molecular weight excluding hydrogens is 303 g/mol. The Morgan fingerprint density at radius 2 is 2.23 bits per heavy atom. The summed E-state index contributed by atoms with van der Waals surface area (Å²) in [5.41, 5.74) is 2.57. The minimum atomic E-state index is -0.189. The van der Waals surface area contributed by atoms with Crippen LogP contribution in [0.1, 0.15) is 22.6 Å². The summed E-state index contributed by atoms with van der Waals surface area (Å²) in [5.74, 6) is -0.349. The number of benzene rings is 1. The lowest BCUT2D eigenvalue weighted by molar-refractivity contribution is -0.115. The smallest absolute Gasteiger partial charge is 0.245 e. The van der Waals surface area contributed by atoms with Crippen LogP contribution in [0.3, 0.4) is 0 Å². The molecule has 116 valence electrons. The largest absolute Gasteiger partial charge is 0.362 e. The van der Waals surface area contributed by atoms with E-state index >= 15 is 0 Å². The summed E-state index contributed by atoms with van der Waals surface area (Å²) in [6, 6.07) is 3.26. The molecule has 1 aliphatic heterocycles. The third-order valence-electron chi connectivity index (χ3n) is 3.71. The van der Waals surface area contributed by atoms with E-state index in [1.807, 2.05) is 18.7 Å². The Morgan fingerprint density at radius 1 is 1.41 bits per heavy atom. The van der Waals surface area contributed by atoms with Gasteiger partial charge in [-0.05, 0) is 38.3 Å². The summed E-state index contributed by atoms with van der Waals surface area (Å²) in [7, 11) is 0. The molecule has 0 unspecified atom stereocenters. The van der Waals surface area contributed by atoms with Crippen molar-refractivity contribution < 1.29 is 9.18 Å². The number of hydrogen-bond acceptors (Lipinski definition) is 5. The Kier molecular flexibility index (Phi) is 4.06. The van der Waals surface area contributed by atoms with E-state index in [1.54, 1.807) is 6.07 Å². The zero-order chi connectivity index (χ0) is 15.7. The second-order valence-electron chi connectivity index (χ2n) is 5.39. The Balaban J connectivity index is 1.77. The fourth-order valence-corrected chi connectivity index (χ4v) is 3.41. The molecule has 0 spiro atoms. The molecule has 0 saturated heterocycles.